The van der Waals surface area contributed by atoms with Gasteiger partial charge in [0.25, 0.3) is 5.88 Å². The summed E-state index contributed by atoms with van der Waals surface area (Å²) in [6.45, 7) is 2.47. The molecule has 5 N–H and O–H groups in total. The molecule has 1 aliphatic heterocycles. The Bertz CT molecular complexity index is 1030. The maximum absolute atomic E-state index is 12.8. The van der Waals surface area contributed by atoms with Gasteiger partial charge in [0.1, 0.15) is 0 Å². The van der Waals surface area contributed by atoms with Crippen LogP contribution in [0.3, 0.4) is 0 Å². The lowest BCUT2D eigenvalue weighted by Crippen LogP contribution is -2.50. The molecule has 0 radical (unpaired) electrons. The average Bonchev–Trinajstić information content (AvgIpc) is 2.72. The molecule has 2 amide bonds. The van der Waals surface area contributed by atoms with E-state index in [0.29, 0.717) is 54.4 Å². The van der Waals surface area contributed by atoms with Crippen molar-refractivity contribution in [1.29, 1.82) is 0 Å². The van der Waals surface area contributed by atoms with E-state index in [0.717, 1.165) is 5.69 Å². The Balaban J connectivity index is 1.44. The molecular formula is C20H23N7O2. The number of nitrogens with zero attached hydrogens (tertiary/aromatic N) is 4. The monoisotopic (exact) mass is 393 g/mol. The molecule has 4 rings (SSSR count). The van der Waals surface area contributed by atoms with Crippen LogP contribution in [0, 0.1) is 0 Å². The maximum Gasteiger partial charge on any atom is 0.323 e. The summed E-state index contributed by atoms with van der Waals surface area (Å²) in [5, 5.41) is 2.83. The van der Waals surface area contributed by atoms with Crippen LogP contribution in [0.4, 0.5) is 27.7 Å². The van der Waals surface area contributed by atoms with Crippen LogP contribution < -0.4 is 26.4 Å². The second-order valence-electron chi connectivity index (χ2n) is 6.83. The second-order valence-corrected chi connectivity index (χ2v) is 6.83. The minimum absolute atomic E-state index is 0.236. The van der Waals surface area contributed by atoms with E-state index in [1.807, 2.05) is 36.4 Å². The molecule has 0 unspecified atom stereocenters. The summed E-state index contributed by atoms with van der Waals surface area (Å²) < 4.78 is 5.30. The molecule has 29 heavy (non-hydrogen) atoms. The fraction of sp³-hybridized carbons (Fsp3) is 0.250. The number of rotatable bonds is 3. The molecule has 1 aromatic heterocycles. The predicted molar refractivity (Wildman–Crippen MR) is 114 cm³/mol. The number of ether oxygens (including phenoxy) is 1. The Morgan fingerprint density at radius 2 is 1.62 bits per heavy atom. The molecule has 0 spiro atoms. The van der Waals surface area contributed by atoms with E-state index in [1.165, 1.54) is 7.11 Å². The number of para-hydroxylation sites is 2. The van der Waals surface area contributed by atoms with Gasteiger partial charge in [0.15, 0.2) is 5.82 Å². The van der Waals surface area contributed by atoms with Crippen LogP contribution in [-0.4, -0.2) is 54.2 Å². The molecule has 0 saturated carbocycles. The van der Waals surface area contributed by atoms with Crippen molar-refractivity contribution in [2.45, 2.75) is 0 Å². The maximum atomic E-state index is 12.8. The standard InChI is InChI=1S/C20H23N7O2/c1-29-19-18(23-16-4-2-3-5-17(16)24-19)25-20(28)27-8-6-26(7-9-27)15-11-13(21)10-14(22)12-15/h2-5,10-12H,6-9,21-22H2,1H3,(H,23,25,28). The quantitative estimate of drug-likeness (QED) is 0.583. The molecule has 0 bridgehead atoms. The van der Waals surface area contributed by atoms with Gasteiger partial charge >= 0.3 is 6.03 Å². The minimum Gasteiger partial charge on any atom is -0.478 e. The van der Waals surface area contributed by atoms with E-state index in [9.17, 15) is 4.79 Å². The van der Waals surface area contributed by atoms with Crippen LogP contribution in [0.1, 0.15) is 0 Å². The average molecular weight is 393 g/mol. The number of hydrogen-bond acceptors (Lipinski definition) is 7. The van der Waals surface area contributed by atoms with Crippen LogP contribution in [0.15, 0.2) is 42.5 Å². The number of fused-ring (bicyclic) bond motifs is 1. The van der Waals surface area contributed by atoms with Crippen molar-refractivity contribution in [3.63, 3.8) is 0 Å². The van der Waals surface area contributed by atoms with Crippen molar-refractivity contribution >= 4 is 39.9 Å². The van der Waals surface area contributed by atoms with Crippen LogP contribution in [0.2, 0.25) is 0 Å². The largest absolute Gasteiger partial charge is 0.478 e. The molecule has 0 aliphatic carbocycles. The third kappa shape index (κ3) is 3.93. The van der Waals surface area contributed by atoms with Crippen molar-refractivity contribution in [3.8, 4) is 5.88 Å². The van der Waals surface area contributed by atoms with Crippen LogP contribution in [0.25, 0.3) is 11.0 Å². The highest BCUT2D eigenvalue weighted by molar-refractivity contribution is 5.91. The van der Waals surface area contributed by atoms with Gasteiger partial charge in [-0.25, -0.2) is 14.8 Å². The van der Waals surface area contributed by atoms with E-state index >= 15 is 0 Å². The van der Waals surface area contributed by atoms with Crippen LogP contribution in [0.5, 0.6) is 5.88 Å². The first-order chi connectivity index (χ1) is 14.0. The van der Waals surface area contributed by atoms with Crippen molar-refractivity contribution in [1.82, 2.24) is 14.9 Å². The number of aromatic nitrogens is 2. The summed E-state index contributed by atoms with van der Waals surface area (Å²) in [5.74, 6) is 0.591. The Morgan fingerprint density at radius 1 is 1.00 bits per heavy atom. The number of urea groups is 1. The number of carbonyl (C=O) groups excluding carboxylic acids is 1. The first kappa shape index (κ1) is 18.6. The Hall–Kier alpha value is -3.75. The molecule has 9 heteroatoms. The third-order valence-corrected chi connectivity index (χ3v) is 4.85. The Labute approximate surface area is 168 Å². The molecule has 9 nitrogen and oxygen atoms in total. The number of nitrogen functional groups attached to an aromatic ring is 2. The minimum atomic E-state index is -0.236. The molecular weight excluding hydrogens is 370 g/mol. The number of nitrogens with two attached hydrogens (primary N) is 2. The molecule has 1 fully saturated rings. The van der Waals surface area contributed by atoms with E-state index in [2.05, 4.69) is 20.2 Å². The topological polar surface area (TPSA) is 123 Å². The highest BCUT2D eigenvalue weighted by atomic mass is 16.5. The highest BCUT2D eigenvalue weighted by Crippen LogP contribution is 2.25. The summed E-state index contributed by atoms with van der Waals surface area (Å²) in [6, 6.07) is 12.7. The lowest BCUT2D eigenvalue weighted by molar-refractivity contribution is 0.208. The smallest absolute Gasteiger partial charge is 0.323 e. The summed E-state index contributed by atoms with van der Waals surface area (Å²) in [7, 11) is 1.50. The summed E-state index contributed by atoms with van der Waals surface area (Å²) in [6.07, 6.45) is 0. The molecule has 1 aliphatic rings. The number of anilines is 4. The van der Waals surface area contributed by atoms with Gasteiger partial charge in [-0.05, 0) is 30.3 Å². The second kappa shape index (κ2) is 7.70. The van der Waals surface area contributed by atoms with Crippen LogP contribution >= 0.6 is 0 Å². The van der Waals surface area contributed by atoms with Crippen molar-refractivity contribution < 1.29 is 9.53 Å². The number of benzene rings is 2. The molecule has 3 aromatic rings. The van der Waals surface area contributed by atoms with E-state index in [1.54, 1.807) is 11.0 Å². The van der Waals surface area contributed by atoms with E-state index in [-0.39, 0.29) is 11.9 Å². The number of methoxy groups -OCH3 is 1. The molecule has 150 valence electrons. The van der Waals surface area contributed by atoms with Gasteiger partial charge in [0, 0.05) is 43.2 Å². The van der Waals surface area contributed by atoms with Crippen molar-refractivity contribution in [2.75, 3.05) is 55.0 Å². The Kier molecular flexibility index (Phi) is 4.94. The molecule has 2 heterocycles. The SMILES string of the molecule is COc1nc2ccccc2nc1NC(=O)N1CCN(c2cc(N)cc(N)c2)CC1. The number of carbonyl (C=O) groups is 1. The zero-order valence-electron chi connectivity index (χ0n) is 16.1. The fourth-order valence-electron chi connectivity index (χ4n) is 3.40. The van der Waals surface area contributed by atoms with E-state index < -0.39 is 0 Å². The number of hydrogen-bond donors (Lipinski definition) is 3. The lowest BCUT2D eigenvalue weighted by Gasteiger charge is -2.36. The highest BCUT2D eigenvalue weighted by Gasteiger charge is 2.23. The zero-order chi connectivity index (χ0) is 20.4. The van der Waals surface area contributed by atoms with Gasteiger partial charge in [-0.3, -0.25) is 5.32 Å². The summed E-state index contributed by atoms with van der Waals surface area (Å²) in [5.41, 5.74) is 15.4. The molecule has 2 aromatic carbocycles. The Morgan fingerprint density at radius 3 is 2.24 bits per heavy atom. The summed E-state index contributed by atoms with van der Waals surface area (Å²) in [4.78, 5) is 25.5. The fourth-order valence-corrected chi connectivity index (χ4v) is 3.40. The van der Waals surface area contributed by atoms with Crippen molar-refractivity contribution in [2.24, 2.45) is 0 Å². The number of piperazine rings is 1. The normalized spacial score (nSPS) is 14.1. The third-order valence-electron chi connectivity index (χ3n) is 4.85. The first-order valence-electron chi connectivity index (χ1n) is 9.31. The van der Waals surface area contributed by atoms with Gasteiger partial charge in [0.05, 0.1) is 18.1 Å². The first-order valence-corrected chi connectivity index (χ1v) is 9.31. The van der Waals surface area contributed by atoms with Gasteiger partial charge in [-0.1, -0.05) is 12.1 Å². The zero-order valence-corrected chi connectivity index (χ0v) is 16.1. The van der Waals surface area contributed by atoms with Crippen molar-refractivity contribution in [3.05, 3.63) is 42.5 Å². The van der Waals surface area contributed by atoms with Gasteiger partial charge in [0.2, 0.25) is 0 Å². The van der Waals surface area contributed by atoms with Gasteiger partial charge in [-0.2, -0.15) is 0 Å². The van der Waals surface area contributed by atoms with Gasteiger partial charge < -0.3 is 26.0 Å². The summed E-state index contributed by atoms with van der Waals surface area (Å²) >= 11 is 0. The number of nitrogens with one attached hydrogen (secondary N) is 1. The van der Waals surface area contributed by atoms with E-state index in [4.69, 9.17) is 16.2 Å². The number of amides is 2. The predicted octanol–water partition coefficient (Wildman–Crippen LogP) is 2.16. The molecule has 0 atom stereocenters. The van der Waals surface area contributed by atoms with Gasteiger partial charge in [-0.15, -0.1) is 0 Å². The lowest BCUT2D eigenvalue weighted by atomic mass is 10.2. The molecule has 1 saturated heterocycles. The van der Waals surface area contributed by atoms with Crippen LogP contribution in [-0.2, 0) is 0 Å².